The van der Waals surface area contributed by atoms with Gasteiger partial charge in [-0.15, -0.1) is 11.3 Å². The molecular formula is C22H16N4O2S. The van der Waals surface area contributed by atoms with E-state index >= 15 is 0 Å². The highest BCUT2D eigenvalue weighted by Gasteiger charge is 2.24. The number of hydrogen-bond acceptors (Lipinski definition) is 6. The van der Waals surface area contributed by atoms with E-state index in [9.17, 15) is 14.9 Å². The minimum atomic E-state index is -0.942. The van der Waals surface area contributed by atoms with E-state index in [1.54, 1.807) is 53.9 Å². The highest BCUT2D eigenvalue weighted by atomic mass is 32.1. The van der Waals surface area contributed by atoms with Crippen molar-refractivity contribution < 1.29 is 9.59 Å². The van der Waals surface area contributed by atoms with Crippen LogP contribution in [0, 0.1) is 22.7 Å². The molecule has 0 saturated heterocycles. The molecule has 7 heteroatoms. The van der Waals surface area contributed by atoms with Crippen LogP contribution in [0.1, 0.15) is 29.0 Å². The number of aromatic nitrogens is 1. The molecule has 1 unspecified atom stereocenters. The number of Topliss-reactive ketones (excluding diaryl/α,β-unsaturated/α-hetero) is 1. The molecule has 1 atom stereocenters. The van der Waals surface area contributed by atoms with Crippen molar-refractivity contribution in [2.75, 3.05) is 5.32 Å². The molecule has 142 valence electrons. The Morgan fingerprint density at radius 2 is 1.79 bits per heavy atom. The summed E-state index contributed by atoms with van der Waals surface area (Å²) in [6.07, 6.45) is 0.102. The number of thiazole rings is 1. The zero-order chi connectivity index (χ0) is 20.8. The van der Waals surface area contributed by atoms with Crippen LogP contribution in [0.5, 0.6) is 0 Å². The molecule has 0 radical (unpaired) electrons. The molecule has 6 nitrogen and oxygen atoms in total. The van der Waals surface area contributed by atoms with Gasteiger partial charge in [-0.1, -0.05) is 24.3 Å². The molecular weight excluding hydrogens is 384 g/mol. The molecule has 0 aliphatic heterocycles. The van der Waals surface area contributed by atoms with Crippen molar-refractivity contribution in [3.8, 4) is 23.4 Å². The Morgan fingerprint density at radius 3 is 2.38 bits per heavy atom. The fraction of sp³-hybridized carbons (Fsp3) is 0.136. The number of ketones is 1. The summed E-state index contributed by atoms with van der Waals surface area (Å²) in [6, 6.07) is 18.0. The van der Waals surface area contributed by atoms with Crippen LogP contribution >= 0.6 is 11.3 Å². The SMILES string of the molecule is CC(=O)Nc1ccc(CC(=O)C(C#N)c2nc(-c3ccc(C#N)cc3)cs2)cc1. The van der Waals surface area contributed by atoms with Gasteiger partial charge in [0.05, 0.1) is 23.4 Å². The average molecular weight is 400 g/mol. The van der Waals surface area contributed by atoms with E-state index in [4.69, 9.17) is 5.26 Å². The number of carbonyl (C=O) groups excluding carboxylic acids is 2. The molecule has 0 spiro atoms. The van der Waals surface area contributed by atoms with Gasteiger partial charge in [0, 0.05) is 30.0 Å². The number of hydrogen-bond donors (Lipinski definition) is 1. The number of rotatable bonds is 6. The molecule has 1 aromatic heterocycles. The monoisotopic (exact) mass is 400 g/mol. The summed E-state index contributed by atoms with van der Waals surface area (Å²) < 4.78 is 0. The van der Waals surface area contributed by atoms with Gasteiger partial charge in [0.2, 0.25) is 5.91 Å². The summed E-state index contributed by atoms with van der Waals surface area (Å²) in [5.74, 6) is -1.34. The summed E-state index contributed by atoms with van der Waals surface area (Å²) in [6.45, 7) is 1.43. The highest BCUT2D eigenvalue weighted by Crippen LogP contribution is 2.28. The molecule has 0 aliphatic carbocycles. The quantitative estimate of drug-likeness (QED) is 0.671. The molecule has 2 aromatic carbocycles. The summed E-state index contributed by atoms with van der Waals surface area (Å²) >= 11 is 1.27. The zero-order valence-electron chi connectivity index (χ0n) is 15.5. The predicted octanol–water partition coefficient (Wildman–Crippen LogP) is 4.06. The first-order valence-corrected chi connectivity index (χ1v) is 9.63. The molecule has 1 heterocycles. The van der Waals surface area contributed by atoms with Crippen LogP contribution in [0.15, 0.2) is 53.9 Å². The highest BCUT2D eigenvalue weighted by molar-refractivity contribution is 7.10. The van der Waals surface area contributed by atoms with E-state index in [1.165, 1.54) is 18.3 Å². The third-order valence-corrected chi connectivity index (χ3v) is 5.09. The first kappa shape index (κ1) is 19.9. The Balaban J connectivity index is 1.73. The number of nitrogens with zero attached hydrogens (tertiary/aromatic N) is 3. The van der Waals surface area contributed by atoms with Crippen LogP contribution < -0.4 is 5.32 Å². The number of nitrogens with one attached hydrogen (secondary N) is 1. The molecule has 0 saturated carbocycles. The van der Waals surface area contributed by atoms with E-state index < -0.39 is 5.92 Å². The van der Waals surface area contributed by atoms with Gasteiger partial charge in [0.1, 0.15) is 5.01 Å². The van der Waals surface area contributed by atoms with E-state index in [0.717, 1.165) is 11.1 Å². The average Bonchev–Trinajstić information content (AvgIpc) is 3.19. The van der Waals surface area contributed by atoms with Gasteiger partial charge < -0.3 is 5.32 Å². The first-order chi connectivity index (χ1) is 14.0. The van der Waals surface area contributed by atoms with Crippen LogP contribution in [0.25, 0.3) is 11.3 Å². The van der Waals surface area contributed by atoms with E-state index in [0.29, 0.717) is 22.0 Å². The van der Waals surface area contributed by atoms with Crippen molar-refractivity contribution in [1.29, 1.82) is 10.5 Å². The van der Waals surface area contributed by atoms with Crippen LogP contribution in [0.3, 0.4) is 0 Å². The Hall–Kier alpha value is -3.81. The summed E-state index contributed by atoms with van der Waals surface area (Å²) in [4.78, 5) is 28.2. The Bertz CT molecular complexity index is 1120. The Labute approximate surface area is 172 Å². The number of benzene rings is 2. The molecule has 1 amide bonds. The molecule has 3 rings (SSSR count). The van der Waals surface area contributed by atoms with Crippen molar-refractivity contribution in [2.24, 2.45) is 0 Å². The second kappa shape index (κ2) is 8.92. The summed E-state index contributed by atoms with van der Waals surface area (Å²) in [5, 5.41) is 23.3. The van der Waals surface area contributed by atoms with Crippen molar-refractivity contribution >= 4 is 28.7 Å². The third kappa shape index (κ3) is 4.92. The summed E-state index contributed by atoms with van der Waals surface area (Å²) in [5.41, 5.74) is 3.45. The second-order valence-electron chi connectivity index (χ2n) is 6.34. The largest absolute Gasteiger partial charge is 0.326 e. The van der Waals surface area contributed by atoms with Crippen molar-refractivity contribution in [3.63, 3.8) is 0 Å². The van der Waals surface area contributed by atoms with Gasteiger partial charge in [-0.3, -0.25) is 9.59 Å². The predicted molar refractivity (Wildman–Crippen MR) is 110 cm³/mol. The molecule has 0 fully saturated rings. The zero-order valence-corrected chi connectivity index (χ0v) is 16.4. The molecule has 29 heavy (non-hydrogen) atoms. The van der Waals surface area contributed by atoms with E-state index in [1.807, 2.05) is 0 Å². The van der Waals surface area contributed by atoms with Crippen LogP contribution in [-0.4, -0.2) is 16.7 Å². The van der Waals surface area contributed by atoms with E-state index in [2.05, 4.69) is 22.4 Å². The van der Waals surface area contributed by atoms with Crippen molar-refractivity contribution in [1.82, 2.24) is 4.98 Å². The lowest BCUT2D eigenvalue weighted by Crippen LogP contribution is -2.13. The minimum absolute atomic E-state index is 0.102. The maximum atomic E-state index is 12.7. The van der Waals surface area contributed by atoms with Crippen molar-refractivity contribution in [3.05, 3.63) is 70.0 Å². The maximum absolute atomic E-state index is 12.7. The van der Waals surface area contributed by atoms with Gasteiger partial charge in [-0.25, -0.2) is 4.98 Å². The number of amides is 1. The lowest BCUT2D eigenvalue weighted by molar-refractivity contribution is -0.118. The smallest absolute Gasteiger partial charge is 0.221 e. The lowest BCUT2D eigenvalue weighted by atomic mass is 9.99. The van der Waals surface area contributed by atoms with Gasteiger partial charge in [0.25, 0.3) is 0 Å². The van der Waals surface area contributed by atoms with Crippen LogP contribution in [0.4, 0.5) is 5.69 Å². The second-order valence-corrected chi connectivity index (χ2v) is 7.23. The molecule has 0 bridgehead atoms. The van der Waals surface area contributed by atoms with Gasteiger partial charge >= 0.3 is 0 Å². The standard InChI is InChI=1S/C22H16N4O2S/c1-14(27)25-18-8-4-15(5-9-18)10-21(28)19(12-24)22-26-20(13-29-22)17-6-2-16(11-23)3-7-17/h2-9,13,19H,10H2,1H3,(H,25,27). The molecule has 3 aromatic rings. The van der Waals surface area contributed by atoms with Gasteiger partial charge in [-0.05, 0) is 29.8 Å². The minimum Gasteiger partial charge on any atom is -0.326 e. The molecule has 1 N–H and O–H groups in total. The summed E-state index contributed by atoms with van der Waals surface area (Å²) in [7, 11) is 0. The number of nitriles is 2. The Morgan fingerprint density at radius 1 is 1.10 bits per heavy atom. The van der Waals surface area contributed by atoms with Gasteiger partial charge in [-0.2, -0.15) is 10.5 Å². The fourth-order valence-corrected chi connectivity index (χ4v) is 3.64. The number of carbonyl (C=O) groups is 2. The van der Waals surface area contributed by atoms with Crippen LogP contribution in [0.2, 0.25) is 0 Å². The van der Waals surface area contributed by atoms with Crippen molar-refractivity contribution in [2.45, 2.75) is 19.3 Å². The third-order valence-electron chi connectivity index (χ3n) is 4.18. The number of anilines is 1. The topological polar surface area (TPSA) is 107 Å². The lowest BCUT2D eigenvalue weighted by Gasteiger charge is -2.07. The fourth-order valence-electron chi connectivity index (χ4n) is 2.75. The molecule has 0 aliphatic rings. The Kier molecular flexibility index (Phi) is 6.13. The van der Waals surface area contributed by atoms with Gasteiger partial charge in [0.15, 0.2) is 11.7 Å². The first-order valence-electron chi connectivity index (χ1n) is 8.75. The maximum Gasteiger partial charge on any atom is 0.221 e. The van der Waals surface area contributed by atoms with E-state index in [-0.39, 0.29) is 18.1 Å². The van der Waals surface area contributed by atoms with Crippen LogP contribution in [-0.2, 0) is 16.0 Å². The normalized spacial score (nSPS) is 11.1.